The Hall–Kier alpha value is -2.99. The van der Waals surface area contributed by atoms with Gasteiger partial charge in [0.2, 0.25) is 0 Å². The van der Waals surface area contributed by atoms with Crippen LogP contribution in [0.4, 0.5) is 5.69 Å². The monoisotopic (exact) mass is 381 g/mol. The standard InChI is InChI=1S/C21H19NO4S/c1-12-7-9-15(10-8-12)22-20-17(21(25)26-3)19(24)16(27-20)11-14-6-4-5-13(2)18(14)23/h4-11,23-24H,1-3H3/b16-11+,22-20?. The summed E-state index contributed by atoms with van der Waals surface area (Å²) in [5, 5.41) is 21.2. The molecule has 6 heteroatoms. The van der Waals surface area contributed by atoms with Crippen molar-refractivity contribution in [2.75, 3.05) is 7.11 Å². The zero-order valence-corrected chi connectivity index (χ0v) is 16.0. The Bertz CT molecular complexity index is 988. The van der Waals surface area contributed by atoms with Gasteiger partial charge in [-0.15, -0.1) is 0 Å². The normalized spacial score (nSPS) is 17.0. The van der Waals surface area contributed by atoms with Crippen molar-refractivity contribution in [2.45, 2.75) is 13.8 Å². The summed E-state index contributed by atoms with van der Waals surface area (Å²) in [6.07, 6.45) is 1.63. The van der Waals surface area contributed by atoms with Crippen LogP contribution in [0.1, 0.15) is 16.7 Å². The van der Waals surface area contributed by atoms with E-state index in [1.165, 1.54) is 7.11 Å². The molecular weight excluding hydrogens is 362 g/mol. The van der Waals surface area contributed by atoms with E-state index in [-0.39, 0.29) is 17.1 Å². The number of aliphatic hydroxyl groups is 1. The molecule has 0 radical (unpaired) electrons. The third-order valence-corrected chi connectivity index (χ3v) is 5.12. The molecule has 1 aliphatic heterocycles. The molecule has 1 heterocycles. The number of phenolic OH excluding ortho intramolecular Hbond substituents is 1. The summed E-state index contributed by atoms with van der Waals surface area (Å²) in [5.74, 6) is -0.747. The Morgan fingerprint density at radius 2 is 1.81 bits per heavy atom. The van der Waals surface area contributed by atoms with Crippen LogP contribution >= 0.6 is 11.8 Å². The van der Waals surface area contributed by atoms with Crippen LogP contribution in [0.25, 0.3) is 6.08 Å². The SMILES string of the molecule is COC(=O)C1=C(O)/C(=C\c2cccc(C)c2O)SC1=Nc1ccc(C)cc1. The summed E-state index contributed by atoms with van der Waals surface area (Å²) in [6, 6.07) is 12.8. The Morgan fingerprint density at radius 3 is 2.48 bits per heavy atom. The number of phenols is 1. The van der Waals surface area contributed by atoms with Crippen molar-refractivity contribution in [1.82, 2.24) is 0 Å². The second kappa shape index (κ2) is 7.72. The lowest BCUT2D eigenvalue weighted by atomic mass is 10.1. The second-order valence-corrected chi connectivity index (χ2v) is 7.12. The molecule has 27 heavy (non-hydrogen) atoms. The summed E-state index contributed by atoms with van der Waals surface area (Å²) in [4.78, 5) is 17.1. The fourth-order valence-electron chi connectivity index (χ4n) is 2.57. The third-order valence-electron chi connectivity index (χ3n) is 4.10. The van der Waals surface area contributed by atoms with Crippen LogP contribution < -0.4 is 0 Å². The molecule has 0 spiro atoms. The average Bonchev–Trinajstić information content (AvgIpc) is 2.95. The smallest absolute Gasteiger partial charge is 0.344 e. The van der Waals surface area contributed by atoms with E-state index in [1.807, 2.05) is 37.3 Å². The van der Waals surface area contributed by atoms with E-state index in [0.29, 0.717) is 21.2 Å². The predicted molar refractivity (Wildman–Crippen MR) is 108 cm³/mol. The highest BCUT2D eigenvalue weighted by atomic mass is 32.2. The highest BCUT2D eigenvalue weighted by molar-refractivity contribution is 8.18. The third kappa shape index (κ3) is 3.90. The van der Waals surface area contributed by atoms with Gasteiger partial charge in [0.05, 0.1) is 17.7 Å². The van der Waals surface area contributed by atoms with Gasteiger partial charge in [-0.3, -0.25) is 0 Å². The molecule has 0 atom stereocenters. The summed E-state index contributed by atoms with van der Waals surface area (Å²) in [6.45, 7) is 3.76. The van der Waals surface area contributed by atoms with Gasteiger partial charge in [-0.05, 0) is 37.6 Å². The van der Waals surface area contributed by atoms with Crippen LogP contribution in [0.5, 0.6) is 5.75 Å². The molecular formula is C21H19NO4S. The van der Waals surface area contributed by atoms with E-state index in [4.69, 9.17) is 4.74 Å². The molecule has 2 aromatic rings. The van der Waals surface area contributed by atoms with E-state index in [2.05, 4.69) is 4.99 Å². The van der Waals surface area contributed by atoms with Crippen LogP contribution in [0.2, 0.25) is 0 Å². The molecule has 5 nitrogen and oxygen atoms in total. The number of carbonyl (C=O) groups is 1. The number of hydrogen-bond donors (Lipinski definition) is 2. The van der Waals surface area contributed by atoms with Crippen molar-refractivity contribution in [3.05, 3.63) is 75.4 Å². The lowest BCUT2D eigenvalue weighted by molar-refractivity contribution is -0.135. The molecule has 3 rings (SSSR count). The van der Waals surface area contributed by atoms with Gasteiger partial charge >= 0.3 is 5.97 Å². The Balaban J connectivity index is 2.07. The summed E-state index contributed by atoms with van der Waals surface area (Å²) in [7, 11) is 1.25. The van der Waals surface area contributed by atoms with Crippen LogP contribution in [0.15, 0.2) is 63.7 Å². The number of methoxy groups -OCH3 is 1. The number of ether oxygens (including phenoxy) is 1. The number of benzene rings is 2. The zero-order chi connectivity index (χ0) is 19.6. The van der Waals surface area contributed by atoms with Gasteiger partial charge in [-0.25, -0.2) is 9.79 Å². The number of aliphatic hydroxyl groups excluding tert-OH is 1. The van der Waals surface area contributed by atoms with Gasteiger partial charge < -0.3 is 14.9 Å². The maximum absolute atomic E-state index is 12.2. The largest absolute Gasteiger partial charge is 0.507 e. The van der Waals surface area contributed by atoms with Crippen molar-refractivity contribution < 1.29 is 19.7 Å². The van der Waals surface area contributed by atoms with E-state index in [9.17, 15) is 15.0 Å². The van der Waals surface area contributed by atoms with E-state index >= 15 is 0 Å². The zero-order valence-electron chi connectivity index (χ0n) is 15.2. The quantitative estimate of drug-likeness (QED) is 0.746. The molecule has 1 aliphatic rings. The summed E-state index contributed by atoms with van der Waals surface area (Å²) >= 11 is 1.15. The number of carbonyl (C=O) groups excluding carboxylic acids is 1. The number of rotatable bonds is 3. The Morgan fingerprint density at radius 1 is 1.11 bits per heavy atom. The van der Waals surface area contributed by atoms with Gasteiger partial charge in [-0.1, -0.05) is 47.7 Å². The fraction of sp³-hybridized carbons (Fsp3) is 0.143. The van der Waals surface area contributed by atoms with Crippen molar-refractivity contribution in [2.24, 2.45) is 4.99 Å². The van der Waals surface area contributed by atoms with Crippen LogP contribution in [-0.4, -0.2) is 28.3 Å². The van der Waals surface area contributed by atoms with Crippen molar-refractivity contribution >= 4 is 34.5 Å². The number of aromatic hydroxyl groups is 1. The van der Waals surface area contributed by atoms with Crippen molar-refractivity contribution in [1.29, 1.82) is 0 Å². The molecule has 2 N–H and O–H groups in total. The highest BCUT2D eigenvalue weighted by Gasteiger charge is 2.33. The molecule has 0 fully saturated rings. The number of para-hydroxylation sites is 1. The first-order valence-corrected chi connectivity index (χ1v) is 9.08. The fourth-order valence-corrected chi connectivity index (χ4v) is 3.59. The van der Waals surface area contributed by atoms with E-state index in [0.717, 1.165) is 22.9 Å². The Labute approximate surface area is 161 Å². The molecule has 2 aromatic carbocycles. The molecule has 0 bridgehead atoms. The number of hydrogen-bond acceptors (Lipinski definition) is 6. The number of aliphatic imine (C=N–C) groups is 1. The van der Waals surface area contributed by atoms with Gasteiger partial charge in [0, 0.05) is 5.56 Å². The molecule has 0 amide bonds. The molecule has 0 aliphatic carbocycles. The summed E-state index contributed by atoms with van der Waals surface area (Å²) < 4.78 is 4.81. The minimum Gasteiger partial charge on any atom is -0.507 e. The minimum atomic E-state index is -0.664. The predicted octanol–water partition coefficient (Wildman–Crippen LogP) is 4.81. The number of nitrogens with zero attached hydrogens (tertiary/aromatic N) is 1. The first kappa shape index (κ1) is 18.8. The highest BCUT2D eigenvalue weighted by Crippen LogP contribution is 2.41. The van der Waals surface area contributed by atoms with Crippen molar-refractivity contribution in [3.8, 4) is 5.75 Å². The van der Waals surface area contributed by atoms with Crippen LogP contribution in [0.3, 0.4) is 0 Å². The molecule has 0 saturated carbocycles. The average molecular weight is 381 g/mol. The lowest BCUT2D eigenvalue weighted by Gasteiger charge is -2.04. The second-order valence-electron chi connectivity index (χ2n) is 6.09. The number of thioether (sulfide) groups is 1. The maximum Gasteiger partial charge on any atom is 0.344 e. The maximum atomic E-state index is 12.2. The first-order chi connectivity index (χ1) is 12.9. The number of aryl methyl sites for hydroxylation is 2. The molecule has 0 unspecified atom stereocenters. The van der Waals surface area contributed by atoms with Crippen LogP contribution in [-0.2, 0) is 9.53 Å². The van der Waals surface area contributed by atoms with Gasteiger partial charge in [0.15, 0.2) is 0 Å². The minimum absolute atomic E-state index is 0.0152. The van der Waals surface area contributed by atoms with Crippen LogP contribution in [0, 0.1) is 13.8 Å². The van der Waals surface area contributed by atoms with E-state index < -0.39 is 5.97 Å². The van der Waals surface area contributed by atoms with Crippen molar-refractivity contribution in [3.63, 3.8) is 0 Å². The molecule has 0 aromatic heterocycles. The number of esters is 1. The van der Waals surface area contributed by atoms with E-state index in [1.54, 1.807) is 25.1 Å². The Kier molecular flexibility index (Phi) is 5.37. The first-order valence-electron chi connectivity index (χ1n) is 8.26. The summed E-state index contributed by atoms with van der Waals surface area (Å²) in [5.41, 5.74) is 3.04. The van der Waals surface area contributed by atoms with Gasteiger partial charge in [-0.2, -0.15) is 0 Å². The molecule has 138 valence electrons. The molecule has 0 saturated heterocycles. The topological polar surface area (TPSA) is 79.1 Å². The van der Waals surface area contributed by atoms with Gasteiger partial charge in [0.1, 0.15) is 22.1 Å². The lowest BCUT2D eigenvalue weighted by Crippen LogP contribution is -2.10. The van der Waals surface area contributed by atoms with Gasteiger partial charge in [0.25, 0.3) is 0 Å².